The minimum Gasteiger partial charge on any atom is -0.310 e. The maximum absolute atomic E-state index is 10.8. The average Bonchev–Trinajstić information content (AvgIpc) is 2.49. The molecular weight excluding hydrogens is 216 g/mol. The van der Waals surface area contributed by atoms with Crippen LogP contribution in [0.2, 0.25) is 0 Å². The molecule has 0 unspecified atom stereocenters. The molecule has 0 fully saturated rings. The van der Waals surface area contributed by atoms with Crippen LogP contribution < -0.4 is 5.32 Å². The molecule has 15 heavy (non-hydrogen) atoms. The predicted molar refractivity (Wildman–Crippen MR) is 57.0 cm³/mol. The highest BCUT2D eigenvalue weighted by Crippen LogP contribution is 1.89. The van der Waals surface area contributed by atoms with E-state index in [-0.39, 0.29) is 5.75 Å². The number of rotatable bonds is 6. The SMILES string of the molecule is Cn1cnc(CNCCCS(C)(=O)=O)n1. The first-order chi connectivity index (χ1) is 6.97. The Morgan fingerprint density at radius 2 is 2.27 bits per heavy atom. The molecule has 1 heterocycles. The first-order valence-electron chi connectivity index (χ1n) is 4.70. The van der Waals surface area contributed by atoms with Gasteiger partial charge in [0.05, 0.1) is 12.3 Å². The van der Waals surface area contributed by atoms with Gasteiger partial charge in [-0.25, -0.2) is 13.4 Å². The van der Waals surface area contributed by atoms with Gasteiger partial charge in [0.25, 0.3) is 0 Å². The average molecular weight is 232 g/mol. The molecule has 0 saturated heterocycles. The fraction of sp³-hybridized carbons (Fsp3) is 0.750. The molecule has 0 aliphatic carbocycles. The summed E-state index contributed by atoms with van der Waals surface area (Å²) < 4.78 is 23.3. The molecule has 0 atom stereocenters. The largest absolute Gasteiger partial charge is 0.310 e. The van der Waals surface area contributed by atoms with Crippen molar-refractivity contribution in [2.75, 3.05) is 18.6 Å². The van der Waals surface area contributed by atoms with E-state index in [1.807, 2.05) is 0 Å². The Morgan fingerprint density at radius 1 is 1.53 bits per heavy atom. The van der Waals surface area contributed by atoms with Crippen molar-refractivity contribution in [2.45, 2.75) is 13.0 Å². The minimum atomic E-state index is -2.84. The molecule has 1 aromatic rings. The van der Waals surface area contributed by atoms with Gasteiger partial charge in [-0.3, -0.25) is 4.68 Å². The molecule has 0 aromatic carbocycles. The summed E-state index contributed by atoms with van der Waals surface area (Å²) in [6.07, 6.45) is 3.49. The number of aryl methyl sites for hydroxylation is 1. The highest BCUT2D eigenvalue weighted by atomic mass is 32.2. The van der Waals surface area contributed by atoms with Crippen molar-refractivity contribution in [2.24, 2.45) is 7.05 Å². The Labute approximate surface area is 89.6 Å². The zero-order chi connectivity index (χ0) is 11.3. The van der Waals surface area contributed by atoms with Crippen molar-refractivity contribution in [3.8, 4) is 0 Å². The fourth-order valence-electron chi connectivity index (χ4n) is 1.12. The summed E-state index contributed by atoms with van der Waals surface area (Å²) in [5.41, 5.74) is 0. The molecule has 1 rings (SSSR count). The first kappa shape index (κ1) is 12.1. The van der Waals surface area contributed by atoms with Crippen LogP contribution in [0.3, 0.4) is 0 Å². The lowest BCUT2D eigenvalue weighted by Gasteiger charge is -2.00. The number of hydrogen-bond acceptors (Lipinski definition) is 5. The third-order valence-corrected chi connectivity index (χ3v) is 2.83. The Balaban J connectivity index is 2.12. The van der Waals surface area contributed by atoms with Crippen molar-refractivity contribution >= 4 is 9.84 Å². The van der Waals surface area contributed by atoms with Crippen molar-refractivity contribution in [3.05, 3.63) is 12.2 Å². The number of aromatic nitrogens is 3. The van der Waals surface area contributed by atoms with E-state index in [0.29, 0.717) is 19.5 Å². The van der Waals surface area contributed by atoms with Crippen LogP contribution in [-0.2, 0) is 23.4 Å². The molecule has 7 heteroatoms. The Bertz CT molecular complexity index is 399. The predicted octanol–water partition coefficient (Wildman–Crippen LogP) is -0.661. The zero-order valence-electron chi connectivity index (χ0n) is 8.97. The van der Waals surface area contributed by atoms with E-state index in [1.165, 1.54) is 6.26 Å². The summed E-state index contributed by atoms with van der Waals surface area (Å²) in [7, 11) is -1.03. The summed E-state index contributed by atoms with van der Waals surface area (Å²) >= 11 is 0. The monoisotopic (exact) mass is 232 g/mol. The lowest BCUT2D eigenvalue weighted by Crippen LogP contribution is -2.18. The van der Waals surface area contributed by atoms with Crippen LogP contribution in [0.5, 0.6) is 0 Å². The third-order valence-electron chi connectivity index (χ3n) is 1.80. The zero-order valence-corrected chi connectivity index (χ0v) is 9.79. The van der Waals surface area contributed by atoms with Gasteiger partial charge in [-0.15, -0.1) is 0 Å². The molecule has 0 spiro atoms. The van der Waals surface area contributed by atoms with Crippen LogP contribution in [0.15, 0.2) is 6.33 Å². The number of nitrogens with zero attached hydrogens (tertiary/aromatic N) is 3. The molecule has 0 amide bonds. The second-order valence-electron chi connectivity index (χ2n) is 3.49. The Morgan fingerprint density at radius 3 is 2.80 bits per heavy atom. The van der Waals surface area contributed by atoms with E-state index in [4.69, 9.17) is 0 Å². The van der Waals surface area contributed by atoms with Crippen LogP contribution >= 0.6 is 0 Å². The van der Waals surface area contributed by atoms with Gasteiger partial charge in [0, 0.05) is 13.3 Å². The van der Waals surface area contributed by atoms with Crippen LogP contribution in [0.25, 0.3) is 0 Å². The topological polar surface area (TPSA) is 76.9 Å². The molecule has 0 radical (unpaired) electrons. The van der Waals surface area contributed by atoms with Crippen LogP contribution in [0.1, 0.15) is 12.2 Å². The molecule has 1 N–H and O–H groups in total. The number of nitrogens with one attached hydrogen (secondary N) is 1. The summed E-state index contributed by atoms with van der Waals surface area (Å²) in [6, 6.07) is 0. The van der Waals surface area contributed by atoms with Gasteiger partial charge >= 0.3 is 0 Å². The van der Waals surface area contributed by atoms with Gasteiger partial charge in [0.2, 0.25) is 0 Å². The summed E-state index contributed by atoms with van der Waals surface area (Å²) in [6.45, 7) is 1.23. The normalized spacial score (nSPS) is 11.9. The van der Waals surface area contributed by atoms with Crippen molar-refractivity contribution < 1.29 is 8.42 Å². The van der Waals surface area contributed by atoms with Crippen molar-refractivity contribution in [1.82, 2.24) is 20.1 Å². The molecule has 0 bridgehead atoms. The van der Waals surface area contributed by atoms with Crippen molar-refractivity contribution in [1.29, 1.82) is 0 Å². The molecule has 0 saturated carbocycles. The minimum absolute atomic E-state index is 0.218. The third kappa shape index (κ3) is 5.48. The number of sulfone groups is 1. The van der Waals surface area contributed by atoms with Gasteiger partial charge in [0.15, 0.2) is 5.82 Å². The molecule has 6 nitrogen and oxygen atoms in total. The van der Waals surface area contributed by atoms with Gasteiger partial charge in [-0.1, -0.05) is 0 Å². The van der Waals surface area contributed by atoms with E-state index in [9.17, 15) is 8.42 Å². The molecule has 86 valence electrons. The lowest BCUT2D eigenvalue weighted by atomic mass is 10.4. The molecule has 1 aromatic heterocycles. The highest BCUT2D eigenvalue weighted by molar-refractivity contribution is 7.90. The molecular formula is C8H16N4O2S. The van der Waals surface area contributed by atoms with Gasteiger partial charge in [0.1, 0.15) is 16.2 Å². The molecule has 0 aliphatic rings. The van der Waals surface area contributed by atoms with E-state index >= 15 is 0 Å². The van der Waals surface area contributed by atoms with Crippen molar-refractivity contribution in [3.63, 3.8) is 0 Å². The summed E-state index contributed by atoms with van der Waals surface area (Å²) in [4.78, 5) is 4.03. The lowest BCUT2D eigenvalue weighted by molar-refractivity contribution is 0.592. The summed E-state index contributed by atoms with van der Waals surface area (Å²) in [5, 5.41) is 7.17. The van der Waals surface area contributed by atoms with E-state index in [0.717, 1.165) is 5.82 Å². The maximum atomic E-state index is 10.8. The van der Waals surface area contributed by atoms with Gasteiger partial charge in [-0.2, -0.15) is 5.10 Å². The van der Waals surface area contributed by atoms with Crippen LogP contribution in [0, 0.1) is 0 Å². The second-order valence-corrected chi connectivity index (χ2v) is 5.75. The van der Waals surface area contributed by atoms with E-state index < -0.39 is 9.84 Å². The molecule has 0 aliphatic heterocycles. The van der Waals surface area contributed by atoms with E-state index in [1.54, 1.807) is 18.1 Å². The fourth-order valence-corrected chi connectivity index (χ4v) is 1.79. The second kappa shape index (κ2) is 5.22. The maximum Gasteiger partial charge on any atom is 0.164 e. The quantitative estimate of drug-likeness (QED) is 0.659. The highest BCUT2D eigenvalue weighted by Gasteiger charge is 2.01. The van der Waals surface area contributed by atoms with Gasteiger partial charge < -0.3 is 5.32 Å². The van der Waals surface area contributed by atoms with Gasteiger partial charge in [-0.05, 0) is 13.0 Å². The standard InChI is InChI=1S/C8H16N4O2S/c1-12-7-10-8(11-12)6-9-4-3-5-15(2,13)14/h7,9H,3-6H2,1-2H3. The number of hydrogen-bond donors (Lipinski definition) is 1. The smallest absolute Gasteiger partial charge is 0.164 e. The van der Waals surface area contributed by atoms with E-state index in [2.05, 4.69) is 15.4 Å². The Kier molecular flexibility index (Phi) is 4.22. The first-order valence-corrected chi connectivity index (χ1v) is 6.76. The van der Waals surface area contributed by atoms with Crippen LogP contribution in [-0.4, -0.2) is 41.7 Å². The van der Waals surface area contributed by atoms with Crippen LogP contribution in [0.4, 0.5) is 0 Å². The Hall–Kier alpha value is -0.950. The summed E-state index contributed by atoms with van der Waals surface area (Å²) in [5.74, 6) is 0.937.